The van der Waals surface area contributed by atoms with E-state index in [1.54, 1.807) is 27.7 Å². The van der Waals surface area contributed by atoms with Gasteiger partial charge in [-0.1, -0.05) is 30.3 Å². The van der Waals surface area contributed by atoms with E-state index in [0.717, 1.165) is 5.56 Å². The van der Waals surface area contributed by atoms with Crippen LogP contribution in [0.25, 0.3) is 11.1 Å². The van der Waals surface area contributed by atoms with Crippen LogP contribution >= 0.6 is 0 Å². The van der Waals surface area contributed by atoms with Crippen LogP contribution in [-0.4, -0.2) is 30.1 Å². The van der Waals surface area contributed by atoms with Crippen molar-refractivity contribution < 1.29 is 19.1 Å². The zero-order chi connectivity index (χ0) is 17.9. The van der Waals surface area contributed by atoms with Crippen LogP contribution in [0.2, 0.25) is 0 Å². The number of aromatic nitrogens is 1. The fraction of sp³-hybridized carbons (Fsp3) is 0.316. The highest BCUT2D eigenvalue weighted by atomic mass is 16.5. The highest BCUT2D eigenvalue weighted by molar-refractivity contribution is 6.07. The van der Waals surface area contributed by atoms with Crippen molar-refractivity contribution in [3.63, 3.8) is 0 Å². The third-order valence-corrected chi connectivity index (χ3v) is 3.56. The second-order valence-electron chi connectivity index (χ2n) is 5.72. The molecule has 0 fully saturated rings. The minimum Gasteiger partial charge on any atom is -0.465 e. The molecule has 0 N–H and O–H groups in total. The molecule has 0 spiro atoms. The molecule has 0 bridgehead atoms. The summed E-state index contributed by atoms with van der Waals surface area (Å²) in [6, 6.07) is 9.24. The van der Waals surface area contributed by atoms with Gasteiger partial charge >= 0.3 is 11.9 Å². The molecule has 0 aliphatic carbocycles. The Morgan fingerprint density at radius 3 is 2.00 bits per heavy atom. The van der Waals surface area contributed by atoms with E-state index in [0.29, 0.717) is 22.5 Å². The lowest BCUT2D eigenvalue weighted by Gasteiger charge is -2.18. The van der Waals surface area contributed by atoms with E-state index in [2.05, 4.69) is 4.98 Å². The summed E-state index contributed by atoms with van der Waals surface area (Å²) >= 11 is 0. The predicted molar refractivity (Wildman–Crippen MR) is 91.0 cm³/mol. The van der Waals surface area contributed by atoms with Crippen LogP contribution in [0.15, 0.2) is 30.3 Å². The first-order valence-electron chi connectivity index (χ1n) is 7.72. The highest BCUT2D eigenvalue weighted by Gasteiger charge is 2.27. The van der Waals surface area contributed by atoms with E-state index in [-0.39, 0.29) is 11.7 Å². The van der Waals surface area contributed by atoms with Gasteiger partial charge in [0.05, 0.1) is 35.7 Å². The summed E-state index contributed by atoms with van der Waals surface area (Å²) < 4.78 is 10.3. The first-order chi connectivity index (χ1) is 11.4. The Kier molecular flexibility index (Phi) is 5.34. The van der Waals surface area contributed by atoms with Crippen LogP contribution in [0.4, 0.5) is 0 Å². The summed E-state index contributed by atoms with van der Waals surface area (Å²) in [7, 11) is 1.31. The van der Waals surface area contributed by atoms with Gasteiger partial charge in [0.15, 0.2) is 0 Å². The maximum Gasteiger partial charge on any atom is 0.340 e. The van der Waals surface area contributed by atoms with Crippen molar-refractivity contribution in [2.45, 2.75) is 33.8 Å². The molecule has 2 aromatic rings. The minimum absolute atomic E-state index is 0.275. The number of rotatable bonds is 4. The number of pyridine rings is 1. The number of nitrogens with zero attached hydrogens (tertiary/aromatic N) is 1. The molecule has 126 valence electrons. The Bertz CT molecular complexity index is 767. The van der Waals surface area contributed by atoms with E-state index >= 15 is 0 Å². The molecular formula is C19H21NO4. The molecule has 0 saturated carbocycles. The Morgan fingerprint density at radius 2 is 1.50 bits per heavy atom. The predicted octanol–water partition coefficient (Wildman–Crippen LogP) is 3.72. The average Bonchev–Trinajstić information content (AvgIpc) is 2.53. The summed E-state index contributed by atoms with van der Waals surface area (Å²) in [5.41, 5.74) is 2.84. The molecule has 0 aliphatic heterocycles. The number of methoxy groups -OCH3 is 1. The molecule has 0 atom stereocenters. The number of hydrogen-bond acceptors (Lipinski definition) is 5. The van der Waals surface area contributed by atoms with Crippen molar-refractivity contribution in [1.82, 2.24) is 4.98 Å². The van der Waals surface area contributed by atoms with Gasteiger partial charge in [-0.25, -0.2) is 9.59 Å². The molecule has 0 aliphatic rings. The number of carbonyl (C=O) groups excluding carboxylic acids is 2. The Balaban J connectivity index is 2.83. The van der Waals surface area contributed by atoms with E-state index in [1.807, 2.05) is 30.3 Å². The summed E-state index contributed by atoms with van der Waals surface area (Å²) in [6.07, 6.45) is -0.275. The van der Waals surface area contributed by atoms with Gasteiger partial charge in [0.2, 0.25) is 0 Å². The number of aryl methyl sites for hydroxylation is 2. The number of hydrogen-bond donors (Lipinski definition) is 0. The van der Waals surface area contributed by atoms with Gasteiger partial charge in [0, 0.05) is 5.56 Å². The van der Waals surface area contributed by atoms with E-state index in [4.69, 9.17) is 9.47 Å². The monoisotopic (exact) mass is 327 g/mol. The number of carbonyl (C=O) groups is 2. The average molecular weight is 327 g/mol. The maximum absolute atomic E-state index is 12.6. The van der Waals surface area contributed by atoms with E-state index in [1.165, 1.54) is 7.11 Å². The van der Waals surface area contributed by atoms with Crippen LogP contribution in [0.1, 0.15) is 46.0 Å². The number of ether oxygens (including phenoxy) is 2. The Hall–Kier alpha value is -2.69. The third-order valence-electron chi connectivity index (χ3n) is 3.56. The molecule has 5 heteroatoms. The standard InChI is InChI=1S/C19H21NO4/c1-11(2)24-19(22)16-13(4)20-12(3)15(18(21)23-5)17(16)14-9-7-6-8-10-14/h6-11H,1-5H3. The SMILES string of the molecule is COC(=O)c1c(C)nc(C)c(C(=O)OC(C)C)c1-c1ccccc1. The van der Waals surface area contributed by atoms with Crippen molar-refractivity contribution in [1.29, 1.82) is 0 Å². The minimum atomic E-state index is -0.530. The van der Waals surface area contributed by atoms with Gasteiger partial charge in [0.25, 0.3) is 0 Å². The summed E-state index contributed by atoms with van der Waals surface area (Å²) in [6.45, 7) is 7.01. The van der Waals surface area contributed by atoms with Gasteiger partial charge in [0.1, 0.15) is 0 Å². The Morgan fingerprint density at radius 1 is 0.958 bits per heavy atom. The molecule has 0 unspecified atom stereocenters. The highest BCUT2D eigenvalue weighted by Crippen LogP contribution is 2.32. The second kappa shape index (κ2) is 7.25. The van der Waals surface area contributed by atoms with Crippen LogP contribution in [0, 0.1) is 13.8 Å². The van der Waals surface area contributed by atoms with E-state index in [9.17, 15) is 9.59 Å². The molecule has 0 saturated heterocycles. The molecule has 1 aromatic heterocycles. The summed E-state index contributed by atoms with van der Waals surface area (Å²) in [5.74, 6) is -1.03. The largest absolute Gasteiger partial charge is 0.465 e. The second-order valence-corrected chi connectivity index (χ2v) is 5.72. The van der Waals surface area contributed by atoms with E-state index < -0.39 is 11.9 Å². The first-order valence-corrected chi connectivity index (χ1v) is 7.72. The molecule has 5 nitrogen and oxygen atoms in total. The topological polar surface area (TPSA) is 65.5 Å². The zero-order valence-electron chi connectivity index (χ0n) is 14.5. The Labute approximate surface area is 141 Å². The first kappa shape index (κ1) is 17.7. The summed E-state index contributed by atoms with van der Waals surface area (Å²) in [5, 5.41) is 0. The quantitative estimate of drug-likeness (QED) is 0.801. The number of benzene rings is 1. The molecule has 2 rings (SSSR count). The van der Waals surface area contributed by atoms with Gasteiger partial charge in [-0.3, -0.25) is 4.98 Å². The lowest BCUT2D eigenvalue weighted by molar-refractivity contribution is 0.0377. The van der Waals surface area contributed by atoms with Crippen molar-refractivity contribution in [3.05, 3.63) is 52.8 Å². The normalized spacial score (nSPS) is 10.6. The van der Waals surface area contributed by atoms with Gasteiger partial charge in [-0.2, -0.15) is 0 Å². The molecule has 1 heterocycles. The van der Waals surface area contributed by atoms with Gasteiger partial charge in [-0.05, 0) is 33.3 Å². The maximum atomic E-state index is 12.6. The van der Waals surface area contributed by atoms with Crippen molar-refractivity contribution in [2.24, 2.45) is 0 Å². The van der Waals surface area contributed by atoms with Crippen LogP contribution < -0.4 is 0 Å². The lowest BCUT2D eigenvalue weighted by atomic mass is 9.92. The van der Waals surface area contributed by atoms with Crippen molar-refractivity contribution in [3.8, 4) is 11.1 Å². The van der Waals surface area contributed by atoms with Gasteiger partial charge < -0.3 is 9.47 Å². The van der Waals surface area contributed by atoms with Crippen molar-refractivity contribution in [2.75, 3.05) is 7.11 Å². The number of esters is 2. The molecular weight excluding hydrogens is 306 g/mol. The van der Waals surface area contributed by atoms with Crippen LogP contribution in [0.5, 0.6) is 0 Å². The van der Waals surface area contributed by atoms with Crippen molar-refractivity contribution >= 4 is 11.9 Å². The zero-order valence-corrected chi connectivity index (χ0v) is 14.5. The smallest absolute Gasteiger partial charge is 0.340 e. The molecule has 1 aromatic carbocycles. The fourth-order valence-electron chi connectivity index (χ4n) is 2.62. The molecule has 24 heavy (non-hydrogen) atoms. The van der Waals surface area contributed by atoms with Crippen LogP contribution in [0.3, 0.4) is 0 Å². The van der Waals surface area contributed by atoms with Crippen LogP contribution in [-0.2, 0) is 9.47 Å². The molecule has 0 amide bonds. The lowest BCUT2D eigenvalue weighted by Crippen LogP contribution is -2.19. The third kappa shape index (κ3) is 3.45. The van der Waals surface area contributed by atoms with Gasteiger partial charge in [-0.15, -0.1) is 0 Å². The fourth-order valence-corrected chi connectivity index (χ4v) is 2.62. The summed E-state index contributed by atoms with van der Waals surface area (Å²) in [4.78, 5) is 29.3. The molecule has 0 radical (unpaired) electrons.